The van der Waals surface area contributed by atoms with Crippen molar-refractivity contribution in [2.75, 3.05) is 36.0 Å². The Bertz CT molecular complexity index is 1650. The number of rotatable bonds is 6. The Morgan fingerprint density at radius 1 is 1.02 bits per heavy atom. The molecule has 210 valence electrons. The van der Waals surface area contributed by atoms with Gasteiger partial charge >= 0.3 is 5.97 Å². The van der Waals surface area contributed by atoms with Crippen LogP contribution in [0.25, 0.3) is 5.65 Å². The highest BCUT2D eigenvalue weighted by atomic mass is 16.4. The van der Waals surface area contributed by atoms with Crippen molar-refractivity contribution in [2.24, 2.45) is 11.8 Å². The van der Waals surface area contributed by atoms with Gasteiger partial charge in [-0.3, -0.25) is 4.79 Å². The van der Waals surface area contributed by atoms with Crippen LogP contribution in [0, 0.1) is 18.8 Å². The van der Waals surface area contributed by atoms with Gasteiger partial charge in [-0.15, -0.1) is 5.10 Å². The summed E-state index contributed by atoms with van der Waals surface area (Å²) in [6, 6.07) is 17.9. The second-order valence-electron chi connectivity index (χ2n) is 11.9. The maximum atomic E-state index is 13.2. The van der Waals surface area contributed by atoms with Crippen molar-refractivity contribution in [3.8, 4) is 0 Å². The fourth-order valence-electron chi connectivity index (χ4n) is 6.75. The van der Waals surface area contributed by atoms with Crippen LogP contribution in [0.3, 0.4) is 0 Å². The number of carboxylic acid groups (broad SMARTS) is 1. The minimum absolute atomic E-state index is 0.0385. The number of pyridine rings is 2. The monoisotopic (exact) mass is 551 g/mol. The number of amides is 1. The summed E-state index contributed by atoms with van der Waals surface area (Å²) in [5.41, 5.74) is 4.23. The lowest BCUT2D eigenvalue weighted by atomic mass is 9.82. The lowest BCUT2D eigenvalue weighted by Crippen LogP contribution is -2.33. The maximum absolute atomic E-state index is 13.2. The molecule has 2 aliphatic heterocycles. The molecule has 0 radical (unpaired) electrons. The molecule has 3 fully saturated rings. The highest BCUT2D eigenvalue weighted by Gasteiger charge is 2.54. The van der Waals surface area contributed by atoms with E-state index in [1.54, 1.807) is 10.6 Å². The number of aromatic nitrogens is 4. The number of carboxylic acids is 1. The van der Waals surface area contributed by atoms with E-state index in [0.717, 1.165) is 50.3 Å². The lowest BCUT2D eigenvalue weighted by molar-refractivity contribution is 0.0690. The summed E-state index contributed by atoms with van der Waals surface area (Å²) < 4.78 is 1.74. The molecule has 1 aliphatic carbocycles. The molecule has 3 unspecified atom stereocenters. The van der Waals surface area contributed by atoms with E-state index in [2.05, 4.69) is 73.5 Å². The summed E-state index contributed by atoms with van der Waals surface area (Å²) in [4.78, 5) is 37.9. The van der Waals surface area contributed by atoms with E-state index in [1.165, 1.54) is 11.6 Å². The maximum Gasteiger partial charge on any atom is 0.354 e. The molecule has 5 heterocycles. The fraction of sp³-hybridized carbons (Fsp3) is 0.387. The molecule has 3 aromatic heterocycles. The van der Waals surface area contributed by atoms with Gasteiger partial charge in [0.05, 0.1) is 11.9 Å². The molecular weight excluding hydrogens is 518 g/mol. The molecule has 4 aromatic rings. The molecule has 10 heteroatoms. The van der Waals surface area contributed by atoms with Gasteiger partial charge in [0.25, 0.3) is 5.91 Å². The highest BCUT2D eigenvalue weighted by molar-refractivity contribution is 5.91. The van der Waals surface area contributed by atoms with Gasteiger partial charge in [-0.1, -0.05) is 43.3 Å². The number of nitrogens with one attached hydrogen (secondary N) is 1. The second kappa shape index (κ2) is 9.57. The summed E-state index contributed by atoms with van der Waals surface area (Å²) in [7, 11) is 0. The molecule has 2 N–H and O–H groups in total. The third kappa shape index (κ3) is 4.57. The first-order valence-corrected chi connectivity index (χ1v) is 14.2. The number of anilines is 2. The molecule has 1 saturated carbocycles. The number of carbonyl (C=O) groups excluding carboxylic acids is 1. The van der Waals surface area contributed by atoms with E-state index < -0.39 is 5.97 Å². The lowest BCUT2D eigenvalue weighted by Gasteiger charge is -2.27. The molecule has 7 rings (SSSR count). The van der Waals surface area contributed by atoms with Gasteiger partial charge in [0, 0.05) is 43.6 Å². The summed E-state index contributed by atoms with van der Waals surface area (Å²) in [6.45, 7) is 7.71. The van der Waals surface area contributed by atoms with Crippen LogP contribution in [0.2, 0.25) is 0 Å². The summed E-state index contributed by atoms with van der Waals surface area (Å²) in [5.74, 6) is 0.240. The Morgan fingerprint density at radius 3 is 2.66 bits per heavy atom. The van der Waals surface area contributed by atoms with Crippen molar-refractivity contribution in [3.63, 3.8) is 0 Å². The Kier molecular flexibility index (Phi) is 5.95. The van der Waals surface area contributed by atoms with Crippen molar-refractivity contribution in [1.29, 1.82) is 0 Å². The molecule has 2 saturated heterocycles. The standard InChI is InChI=1S/C31H33N7O3/c1-19-15-21(37-14-12-31(2,18-37)20-7-4-3-5-8-20)16-38-28(19)34-27(35-38)29(39)33-26-22-11-13-36(17-23(22)26)25-10-6-9-24(32-25)30(40)41/h3-10,15-16,22-23,26H,11-14,17-18H2,1-2H3,(H,33,39)(H,40,41)/t22?,23?,26?,31-/m0/s1. The first kappa shape index (κ1) is 25.5. The van der Waals surface area contributed by atoms with Crippen LogP contribution in [0.1, 0.15) is 52.0 Å². The van der Waals surface area contributed by atoms with Gasteiger partial charge in [0.1, 0.15) is 5.82 Å². The van der Waals surface area contributed by atoms with Crippen LogP contribution in [-0.4, -0.2) is 68.8 Å². The zero-order valence-electron chi connectivity index (χ0n) is 23.2. The van der Waals surface area contributed by atoms with Crippen molar-refractivity contribution >= 4 is 29.0 Å². The second-order valence-corrected chi connectivity index (χ2v) is 11.9. The van der Waals surface area contributed by atoms with Crippen LogP contribution in [-0.2, 0) is 5.41 Å². The van der Waals surface area contributed by atoms with E-state index in [-0.39, 0.29) is 28.9 Å². The number of benzene rings is 1. The number of aromatic carboxylic acids is 1. The smallest absolute Gasteiger partial charge is 0.354 e. The van der Waals surface area contributed by atoms with Crippen molar-refractivity contribution < 1.29 is 14.7 Å². The minimum atomic E-state index is -1.04. The topological polar surface area (TPSA) is 116 Å². The number of hydrogen-bond acceptors (Lipinski definition) is 7. The summed E-state index contributed by atoms with van der Waals surface area (Å²) >= 11 is 0. The van der Waals surface area contributed by atoms with E-state index in [0.29, 0.717) is 23.3 Å². The van der Waals surface area contributed by atoms with Gasteiger partial charge in [-0.2, -0.15) is 0 Å². The summed E-state index contributed by atoms with van der Waals surface area (Å²) in [5, 5.41) is 17.0. The van der Waals surface area contributed by atoms with Crippen LogP contribution >= 0.6 is 0 Å². The molecule has 4 atom stereocenters. The minimum Gasteiger partial charge on any atom is -0.477 e. The number of nitrogens with zero attached hydrogens (tertiary/aromatic N) is 6. The highest BCUT2D eigenvalue weighted by Crippen LogP contribution is 2.46. The Labute approximate surface area is 238 Å². The first-order chi connectivity index (χ1) is 19.8. The normalized spacial score (nSPS) is 25.3. The number of hydrogen-bond donors (Lipinski definition) is 2. The molecule has 1 amide bonds. The predicted octanol–water partition coefficient (Wildman–Crippen LogP) is 3.55. The Balaban J connectivity index is 1.03. The third-order valence-electron chi connectivity index (χ3n) is 9.19. The zero-order valence-corrected chi connectivity index (χ0v) is 23.2. The van der Waals surface area contributed by atoms with Crippen LogP contribution < -0.4 is 15.1 Å². The number of aryl methyl sites for hydroxylation is 1. The molecule has 1 aromatic carbocycles. The molecule has 0 bridgehead atoms. The quantitative estimate of drug-likeness (QED) is 0.374. The fourth-order valence-corrected chi connectivity index (χ4v) is 6.75. The zero-order chi connectivity index (χ0) is 28.3. The molecule has 3 aliphatic rings. The van der Waals surface area contributed by atoms with Gasteiger partial charge in [0.15, 0.2) is 11.3 Å². The van der Waals surface area contributed by atoms with Gasteiger partial charge in [-0.05, 0) is 55.0 Å². The van der Waals surface area contributed by atoms with Crippen molar-refractivity contribution in [1.82, 2.24) is 24.9 Å². The van der Waals surface area contributed by atoms with Gasteiger partial charge in [0.2, 0.25) is 5.82 Å². The summed E-state index contributed by atoms with van der Waals surface area (Å²) in [6.07, 6.45) is 3.96. The van der Waals surface area contributed by atoms with E-state index >= 15 is 0 Å². The van der Waals surface area contributed by atoms with Crippen molar-refractivity contribution in [2.45, 2.75) is 38.1 Å². The van der Waals surface area contributed by atoms with E-state index in [9.17, 15) is 14.7 Å². The largest absolute Gasteiger partial charge is 0.477 e. The average Bonchev–Trinajstić information content (AvgIpc) is 3.28. The number of fused-ring (bicyclic) bond motifs is 2. The first-order valence-electron chi connectivity index (χ1n) is 14.2. The third-order valence-corrected chi connectivity index (χ3v) is 9.19. The number of piperidine rings is 1. The molecular formula is C31H33N7O3. The predicted molar refractivity (Wildman–Crippen MR) is 155 cm³/mol. The van der Waals surface area contributed by atoms with Crippen LogP contribution in [0.4, 0.5) is 11.5 Å². The Morgan fingerprint density at radius 2 is 1.85 bits per heavy atom. The average molecular weight is 552 g/mol. The van der Waals surface area contributed by atoms with Crippen LogP contribution in [0.5, 0.6) is 0 Å². The van der Waals surface area contributed by atoms with Crippen molar-refractivity contribution in [3.05, 3.63) is 83.4 Å². The molecule has 10 nitrogen and oxygen atoms in total. The van der Waals surface area contributed by atoms with Crippen LogP contribution in [0.15, 0.2) is 60.8 Å². The van der Waals surface area contributed by atoms with Gasteiger partial charge in [-0.25, -0.2) is 19.3 Å². The SMILES string of the molecule is Cc1cc(N2CC[C@](C)(c3ccccc3)C2)cn2nc(C(=O)NC3C4CCN(c5cccc(C(=O)O)n5)CC43)nc12. The molecule has 41 heavy (non-hydrogen) atoms. The molecule has 0 spiro atoms. The Hall–Kier alpha value is -4.47. The van der Waals surface area contributed by atoms with E-state index in [1.807, 2.05) is 19.2 Å². The van der Waals surface area contributed by atoms with E-state index in [4.69, 9.17) is 0 Å². The van der Waals surface area contributed by atoms with Gasteiger partial charge < -0.3 is 20.2 Å². The number of carbonyl (C=O) groups is 2.